The van der Waals surface area contributed by atoms with Crippen LogP contribution in [0.25, 0.3) is 0 Å². The summed E-state index contributed by atoms with van der Waals surface area (Å²) in [6.07, 6.45) is 0. The van der Waals surface area contributed by atoms with Crippen LogP contribution in [0.4, 0.5) is 10.5 Å². The molecule has 148 valence electrons. The summed E-state index contributed by atoms with van der Waals surface area (Å²) in [6.45, 7) is 5.41. The number of nitrogens with one attached hydrogen (secondary N) is 3. The van der Waals surface area contributed by atoms with Gasteiger partial charge < -0.3 is 15.1 Å². The lowest BCUT2D eigenvalue weighted by molar-refractivity contribution is -0.922. The average Bonchev–Trinajstić information content (AvgIpc) is 2.70. The van der Waals surface area contributed by atoms with Crippen molar-refractivity contribution in [3.05, 3.63) is 65.2 Å². The van der Waals surface area contributed by atoms with Crippen molar-refractivity contribution in [1.29, 1.82) is 0 Å². The minimum Gasteiger partial charge on any atom is -0.359 e. The number of carbonyl (C=O) groups excluding carboxylic acids is 2. The predicted molar refractivity (Wildman–Crippen MR) is 111 cm³/mol. The van der Waals surface area contributed by atoms with Crippen LogP contribution in [0.2, 0.25) is 5.02 Å². The van der Waals surface area contributed by atoms with Gasteiger partial charge in [0, 0.05) is 12.1 Å². The Morgan fingerprint density at radius 3 is 2.36 bits per heavy atom. The third kappa shape index (κ3) is 4.82. The molecule has 1 aliphatic heterocycles. The number of para-hydroxylation sites is 1. The summed E-state index contributed by atoms with van der Waals surface area (Å²) in [4.78, 5) is 28.2. The van der Waals surface area contributed by atoms with Crippen molar-refractivity contribution in [1.82, 2.24) is 10.6 Å². The fraction of sp³-hybridized carbons (Fsp3) is 0.333. The number of urea groups is 1. The number of benzene rings is 2. The van der Waals surface area contributed by atoms with E-state index in [0.29, 0.717) is 6.54 Å². The Balaban J connectivity index is 1.74. The topological polar surface area (TPSA) is 65.9 Å². The lowest BCUT2D eigenvalue weighted by Gasteiger charge is -2.37. The SMILES string of the molecule is CCNC(=O)NC(=O)[C@@H](c1ccccc1)[NH+]1CCN(c2ccccc2Cl)CC1. The first-order chi connectivity index (χ1) is 13.6. The highest BCUT2D eigenvalue weighted by Crippen LogP contribution is 2.25. The standard InChI is InChI=1S/C21H25ClN4O2/c1-2-23-21(28)24-20(27)19(16-8-4-3-5-9-16)26-14-12-25(13-15-26)18-11-7-6-10-17(18)22/h3-11,19H,2,12-15H2,1H3,(H2,23,24,27,28)/p+1/t19-/m1/s1. The summed E-state index contributed by atoms with van der Waals surface area (Å²) < 4.78 is 0. The normalized spacial score (nSPS) is 15.7. The Kier molecular flexibility index (Phi) is 6.90. The van der Waals surface area contributed by atoms with Crippen LogP contribution in [0.15, 0.2) is 54.6 Å². The van der Waals surface area contributed by atoms with Gasteiger partial charge in [0.1, 0.15) is 0 Å². The summed E-state index contributed by atoms with van der Waals surface area (Å²) in [7, 11) is 0. The highest BCUT2D eigenvalue weighted by molar-refractivity contribution is 6.33. The molecule has 0 aromatic heterocycles. The monoisotopic (exact) mass is 401 g/mol. The summed E-state index contributed by atoms with van der Waals surface area (Å²) in [5.41, 5.74) is 1.93. The maximum atomic E-state index is 12.9. The number of nitrogens with zero attached hydrogens (tertiary/aromatic N) is 1. The largest absolute Gasteiger partial charge is 0.359 e. The second kappa shape index (κ2) is 9.57. The van der Waals surface area contributed by atoms with E-state index in [1.807, 2.05) is 61.5 Å². The lowest BCUT2D eigenvalue weighted by Crippen LogP contribution is -3.16. The van der Waals surface area contributed by atoms with E-state index in [1.165, 1.54) is 0 Å². The van der Waals surface area contributed by atoms with Crippen LogP contribution >= 0.6 is 11.6 Å². The summed E-state index contributed by atoms with van der Waals surface area (Å²) in [5, 5.41) is 5.84. The van der Waals surface area contributed by atoms with Gasteiger partial charge in [-0.15, -0.1) is 0 Å². The fourth-order valence-corrected chi connectivity index (χ4v) is 3.89. The molecule has 3 amide bonds. The van der Waals surface area contributed by atoms with E-state index in [9.17, 15) is 9.59 Å². The first-order valence-electron chi connectivity index (χ1n) is 9.58. The van der Waals surface area contributed by atoms with Gasteiger partial charge in [0.25, 0.3) is 5.91 Å². The number of anilines is 1. The van der Waals surface area contributed by atoms with Crippen LogP contribution < -0.4 is 20.4 Å². The molecule has 1 saturated heterocycles. The number of hydrogen-bond acceptors (Lipinski definition) is 3. The third-order valence-electron chi connectivity index (χ3n) is 4.98. The van der Waals surface area contributed by atoms with Crippen LogP contribution in [0.3, 0.4) is 0 Å². The van der Waals surface area contributed by atoms with Crippen LogP contribution in [0.1, 0.15) is 18.5 Å². The molecule has 2 aromatic carbocycles. The van der Waals surface area contributed by atoms with Crippen molar-refractivity contribution in [2.24, 2.45) is 0 Å². The average molecular weight is 402 g/mol. The van der Waals surface area contributed by atoms with Gasteiger partial charge in [-0.05, 0) is 19.1 Å². The van der Waals surface area contributed by atoms with Crippen molar-refractivity contribution in [3.8, 4) is 0 Å². The van der Waals surface area contributed by atoms with Gasteiger partial charge >= 0.3 is 6.03 Å². The van der Waals surface area contributed by atoms with Crippen molar-refractivity contribution in [2.75, 3.05) is 37.6 Å². The summed E-state index contributed by atoms with van der Waals surface area (Å²) in [5.74, 6) is -0.279. The molecule has 0 spiro atoms. The molecule has 1 heterocycles. The Labute approximate surface area is 170 Å². The van der Waals surface area contributed by atoms with Crippen LogP contribution in [-0.2, 0) is 4.79 Å². The van der Waals surface area contributed by atoms with Crippen LogP contribution in [0.5, 0.6) is 0 Å². The minimum atomic E-state index is -0.456. The van der Waals surface area contributed by atoms with E-state index in [2.05, 4.69) is 15.5 Å². The predicted octanol–water partition coefficient (Wildman–Crippen LogP) is 1.63. The second-order valence-electron chi connectivity index (χ2n) is 6.79. The number of piperazine rings is 1. The number of hydrogen-bond donors (Lipinski definition) is 3. The van der Waals surface area contributed by atoms with E-state index in [4.69, 9.17) is 11.6 Å². The molecule has 3 rings (SSSR count). The van der Waals surface area contributed by atoms with Crippen LogP contribution in [-0.4, -0.2) is 44.7 Å². The maximum Gasteiger partial charge on any atom is 0.321 e. The number of amides is 3. The molecular formula is C21H26ClN4O2+. The summed E-state index contributed by atoms with van der Waals surface area (Å²) >= 11 is 6.33. The molecule has 0 unspecified atom stereocenters. The minimum absolute atomic E-state index is 0.279. The molecule has 0 bridgehead atoms. The smallest absolute Gasteiger partial charge is 0.321 e. The van der Waals surface area contributed by atoms with E-state index in [0.717, 1.165) is 47.4 Å². The maximum absolute atomic E-state index is 12.9. The quantitative estimate of drug-likeness (QED) is 0.713. The van der Waals surface area contributed by atoms with Crippen molar-refractivity contribution in [3.63, 3.8) is 0 Å². The van der Waals surface area contributed by atoms with E-state index in [1.54, 1.807) is 0 Å². The zero-order valence-corrected chi connectivity index (χ0v) is 16.7. The third-order valence-corrected chi connectivity index (χ3v) is 5.30. The van der Waals surface area contributed by atoms with Crippen molar-refractivity contribution < 1.29 is 14.5 Å². The number of halogens is 1. The van der Waals surface area contributed by atoms with Gasteiger partial charge in [-0.25, -0.2) is 4.79 Å². The second-order valence-corrected chi connectivity index (χ2v) is 7.20. The molecule has 1 fully saturated rings. The Morgan fingerprint density at radius 2 is 1.71 bits per heavy atom. The number of imide groups is 1. The first-order valence-corrected chi connectivity index (χ1v) is 9.95. The van der Waals surface area contributed by atoms with Gasteiger partial charge in [0.2, 0.25) is 0 Å². The highest BCUT2D eigenvalue weighted by atomic mass is 35.5. The van der Waals surface area contributed by atoms with Crippen molar-refractivity contribution in [2.45, 2.75) is 13.0 Å². The highest BCUT2D eigenvalue weighted by Gasteiger charge is 2.35. The molecule has 0 aliphatic carbocycles. The molecule has 0 radical (unpaired) electrons. The van der Waals surface area contributed by atoms with E-state index >= 15 is 0 Å². The Bertz CT molecular complexity index is 807. The lowest BCUT2D eigenvalue weighted by atomic mass is 10.0. The molecular weight excluding hydrogens is 376 g/mol. The molecule has 0 saturated carbocycles. The molecule has 3 N–H and O–H groups in total. The van der Waals surface area contributed by atoms with Gasteiger partial charge in [-0.2, -0.15) is 0 Å². The Morgan fingerprint density at radius 1 is 1.07 bits per heavy atom. The number of rotatable bonds is 5. The van der Waals surface area contributed by atoms with Gasteiger partial charge in [-0.3, -0.25) is 10.1 Å². The molecule has 2 aromatic rings. The zero-order valence-electron chi connectivity index (χ0n) is 16.0. The molecule has 1 aliphatic rings. The zero-order chi connectivity index (χ0) is 19.9. The Hall–Kier alpha value is -2.57. The molecule has 7 heteroatoms. The van der Waals surface area contributed by atoms with Gasteiger partial charge in [0.05, 0.1) is 36.9 Å². The molecule has 28 heavy (non-hydrogen) atoms. The molecule has 1 atom stereocenters. The summed E-state index contributed by atoms with van der Waals surface area (Å²) in [6, 6.07) is 16.6. The van der Waals surface area contributed by atoms with Gasteiger partial charge in [0.15, 0.2) is 6.04 Å². The first kappa shape index (κ1) is 20.2. The molecule has 6 nitrogen and oxygen atoms in total. The fourth-order valence-electron chi connectivity index (χ4n) is 3.64. The van der Waals surface area contributed by atoms with Crippen molar-refractivity contribution >= 4 is 29.2 Å². The number of carbonyl (C=O) groups is 2. The van der Waals surface area contributed by atoms with E-state index < -0.39 is 12.1 Å². The number of quaternary nitrogens is 1. The van der Waals surface area contributed by atoms with Crippen LogP contribution in [0, 0.1) is 0 Å². The van der Waals surface area contributed by atoms with Gasteiger partial charge in [-0.1, -0.05) is 54.1 Å². The van der Waals surface area contributed by atoms with E-state index in [-0.39, 0.29) is 5.91 Å².